The largest absolute Gasteiger partial charge is 0.315 e. The van der Waals surface area contributed by atoms with Crippen molar-refractivity contribution in [2.75, 3.05) is 0 Å². The van der Waals surface area contributed by atoms with Crippen LogP contribution in [0.2, 0.25) is 0 Å². The molecule has 0 radical (unpaired) electrons. The Morgan fingerprint density at radius 3 is 2.59 bits per heavy atom. The molecule has 0 aliphatic heterocycles. The molecule has 1 fully saturated rings. The minimum atomic E-state index is -3.74. The van der Waals surface area contributed by atoms with Crippen LogP contribution >= 0.6 is 11.3 Å². The van der Waals surface area contributed by atoms with E-state index in [1.54, 1.807) is 6.92 Å². The van der Waals surface area contributed by atoms with Gasteiger partial charge in [-0.1, -0.05) is 29.1 Å². The molecule has 0 amide bonds. The molecule has 0 atom stereocenters. The summed E-state index contributed by atoms with van der Waals surface area (Å²) in [5.41, 5.74) is 0.336. The average Bonchev–Trinajstić information content (AvgIpc) is 2.85. The van der Waals surface area contributed by atoms with Crippen LogP contribution in [-0.2, 0) is 14.9 Å². The van der Waals surface area contributed by atoms with Crippen LogP contribution in [0.25, 0.3) is 0 Å². The highest BCUT2D eigenvalue weighted by Crippen LogP contribution is 2.21. The third-order valence-electron chi connectivity index (χ3n) is 2.65. The Morgan fingerprint density at radius 2 is 2.06 bits per heavy atom. The van der Waals surface area contributed by atoms with E-state index in [9.17, 15) is 13.2 Å². The molecule has 1 aliphatic rings. The van der Waals surface area contributed by atoms with Gasteiger partial charge in [0.25, 0.3) is 10.0 Å². The van der Waals surface area contributed by atoms with E-state index in [4.69, 9.17) is 4.84 Å². The highest BCUT2D eigenvalue weighted by atomic mass is 32.2. The monoisotopic (exact) mass is 278 g/mol. The molecular formula is C9H14N2O4S2. The van der Waals surface area contributed by atoms with Crippen LogP contribution in [0, 0.1) is 6.92 Å². The fraction of sp³-hybridized carbons (Fsp3) is 0.667. The molecule has 0 bridgehead atoms. The minimum absolute atomic E-state index is 0.0134. The highest BCUT2D eigenvalue weighted by molar-refractivity contribution is 7.91. The van der Waals surface area contributed by atoms with E-state index in [0.29, 0.717) is 17.0 Å². The van der Waals surface area contributed by atoms with Gasteiger partial charge in [0, 0.05) is 5.69 Å². The lowest BCUT2D eigenvalue weighted by Gasteiger charge is -2.11. The molecule has 1 saturated carbocycles. The van der Waals surface area contributed by atoms with Gasteiger partial charge in [0.05, 0.1) is 6.10 Å². The van der Waals surface area contributed by atoms with Gasteiger partial charge < -0.3 is 4.98 Å². The molecule has 17 heavy (non-hydrogen) atoms. The predicted octanol–water partition coefficient (Wildman–Crippen LogP) is 0.897. The van der Waals surface area contributed by atoms with Crippen LogP contribution in [0.15, 0.2) is 9.00 Å². The molecular weight excluding hydrogens is 264 g/mol. The van der Waals surface area contributed by atoms with Crippen LogP contribution in [0.4, 0.5) is 0 Å². The highest BCUT2D eigenvalue weighted by Gasteiger charge is 2.24. The van der Waals surface area contributed by atoms with E-state index in [0.717, 1.165) is 25.7 Å². The molecule has 0 saturated heterocycles. The molecule has 1 heterocycles. The Kier molecular flexibility index (Phi) is 3.67. The fourth-order valence-corrected chi connectivity index (χ4v) is 3.96. The van der Waals surface area contributed by atoms with E-state index < -0.39 is 10.0 Å². The number of aromatic amines is 1. The van der Waals surface area contributed by atoms with Gasteiger partial charge >= 0.3 is 4.87 Å². The zero-order chi connectivity index (χ0) is 12.5. The Bertz CT molecular complexity index is 540. The molecule has 8 heteroatoms. The van der Waals surface area contributed by atoms with Crippen molar-refractivity contribution >= 4 is 21.4 Å². The Balaban J connectivity index is 2.08. The van der Waals surface area contributed by atoms with Gasteiger partial charge in [0.1, 0.15) is 0 Å². The van der Waals surface area contributed by atoms with Crippen molar-refractivity contribution in [2.24, 2.45) is 0 Å². The summed E-state index contributed by atoms with van der Waals surface area (Å²) in [7, 11) is -3.74. The first-order valence-corrected chi connectivity index (χ1v) is 7.66. The van der Waals surface area contributed by atoms with E-state index in [2.05, 4.69) is 9.87 Å². The number of hydrogen-bond acceptors (Lipinski definition) is 5. The molecule has 1 aromatic heterocycles. The number of hydrogen-bond donors (Lipinski definition) is 2. The zero-order valence-electron chi connectivity index (χ0n) is 9.36. The first kappa shape index (κ1) is 12.7. The molecule has 0 unspecified atom stereocenters. The lowest BCUT2D eigenvalue weighted by atomic mass is 10.3. The predicted molar refractivity (Wildman–Crippen MR) is 63.3 cm³/mol. The Labute approximate surface area is 103 Å². The molecule has 0 aromatic carbocycles. The van der Waals surface area contributed by atoms with Gasteiger partial charge in [-0.05, 0) is 19.8 Å². The third-order valence-corrected chi connectivity index (χ3v) is 5.45. The van der Waals surface area contributed by atoms with Gasteiger partial charge in [-0.15, -0.1) is 0 Å². The van der Waals surface area contributed by atoms with Crippen LogP contribution in [0.1, 0.15) is 31.4 Å². The maximum absolute atomic E-state index is 11.8. The summed E-state index contributed by atoms with van der Waals surface area (Å²) >= 11 is 0.662. The van der Waals surface area contributed by atoms with E-state index in [-0.39, 0.29) is 15.2 Å². The standard InChI is InChI=1S/C9H14N2O4S2/c1-6-8(16-9(12)10-6)17(13,14)11-15-7-4-2-3-5-7/h7,11H,2-5H2,1H3,(H,10,12). The van der Waals surface area contributed by atoms with Crippen LogP contribution in [0.5, 0.6) is 0 Å². The molecule has 6 nitrogen and oxygen atoms in total. The van der Waals surface area contributed by atoms with Crippen LogP contribution in [0.3, 0.4) is 0 Å². The first-order valence-electron chi connectivity index (χ1n) is 5.36. The second-order valence-corrected chi connectivity index (χ2v) is 6.86. The molecule has 96 valence electrons. The molecule has 0 spiro atoms. The second-order valence-electron chi connectivity index (χ2n) is 4.04. The molecule has 2 rings (SSSR count). The van der Waals surface area contributed by atoms with Crippen LogP contribution < -0.4 is 9.76 Å². The van der Waals surface area contributed by atoms with Crippen LogP contribution in [-0.4, -0.2) is 19.5 Å². The number of rotatable bonds is 4. The quantitative estimate of drug-likeness (QED) is 0.801. The third kappa shape index (κ3) is 2.95. The summed E-state index contributed by atoms with van der Waals surface area (Å²) in [6.45, 7) is 1.54. The van der Waals surface area contributed by atoms with E-state index in [1.807, 2.05) is 0 Å². The van der Waals surface area contributed by atoms with Gasteiger partial charge in [0.2, 0.25) is 0 Å². The average molecular weight is 278 g/mol. The summed E-state index contributed by atoms with van der Waals surface area (Å²) < 4.78 is 23.7. The Hall–Kier alpha value is -0.700. The second kappa shape index (κ2) is 4.89. The lowest BCUT2D eigenvalue weighted by molar-refractivity contribution is 0.0224. The Morgan fingerprint density at radius 1 is 1.41 bits per heavy atom. The smallest absolute Gasteiger partial charge is 0.305 e. The number of thiazole rings is 1. The summed E-state index contributed by atoms with van der Waals surface area (Å²) in [6, 6.07) is 0. The normalized spacial score (nSPS) is 17.7. The maximum Gasteiger partial charge on any atom is 0.305 e. The topological polar surface area (TPSA) is 88.3 Å². The minimum Gasteiger partial charge on any atom is -0.315 e. The van der Waals surface area contributed by atoms with Crippen molar-refractivity contribution in [3.05, 3.63) is 15.4 Å². The van der Waals surface area contributed by atoms with Crippen molar-refractivity contribution < 1.29 is 13.3 Å². The number of aryl methyl sites for hydroxylation is 1. The first-order chi connectivity index (χ1) is 7.99. The van der Waals surface area contributed by atoms with Crippen molar-refractivity contribution in [1.29, 1.82) is 0 Å². The van der Waals surface area contributed by atoms with Crippen molar-refractivity contribution in [3.8, 4) is 0 Å². The van der Waals surface area contributed by atoms with E-state index >= 15 is 0 Å². The number of H-pyrrole nitrogens is 1. The number of nitrogens with one attached hydrogen (secondary N) is 2. The molecule has 2 N–H and O–H groups in total. The van der Waals surface area contributed by atoms with Crippen molar-refractivity contribution in [3.63, 3.8) is 0 Å². The molecule has 1 aromatic rings. The molecule has 1 aliphatic carbocycles. The van der Waals surface area contributed by atoms with Crippen molar-refractivity contribution in [2.45, 2.75) is 42.9 Å². The summed E-state index contributed by atoms with van der Waals surface area (Å²) in [6.07, 6.45) is 3.79. The summed E-state index contributed by atoms with van der Waals surface area (Å²) in [5.74, 6) is 0. The van der Waals surface area contributed by atoms with Gasteiger partial charge in [-0.25, -0.2) is 8.42 Å². The van der Waals surface area contributed by atoms with E-state index in [1.165, 1.54) is 0 Å². The lowest BCUT2D eigenvalue weighted by Crippen LogP contribution is -2.28. The van der Waals surface area contributed by atoms with Gasteiger partial charge in [-0.3, -0.25) is 9.63 Å². The van der Waals surface area contributed by atoms with Gasteiger partial charge in [0.15, 0.2) is 4.21 Å². The fourth-order valence-electron chi connectivity index (χ4n) is 1.82. The summed E-state index contributed by atoms with van der Waals surface area (Å²) in [5, 5.41) is 0. The van der Waals surface area contributed by atoms with Gasteiger partial charge in [-0.2, -0.15) is 0 Å². The SMILES string of the molecule is Cc1[nH]c(=O)sc1S(=O)(=O)NOC1CCCC1. The number of sulfonamides is 1. The number of aromatic nitrogens is 1. The van der Waals surface area contributed by atoms with Crippen molar-refractivity contribution in [1.82, 2.24) is 9.87 Å². The zero-order valence-corrected chi connectivity index (χ0v) is 11.0. The maximum atomic E-state index is 11.8. The summed E-state index contributed by atoms with van der Waals surface area (Å²) in [4.78, 5) is 20.3.